The molecule has 0 unspecified atom stereocenters. The van der Waals surface area contributed by atoms with Crippen molar-refractivity contribution in [1.82, 2.24) is 9.97 Å². The highest BCUT2D eigenvalue weighted by Gasteiger charge is 2.29. The lowest BCUT2D eigenvalue weighted by atomic mass is 9.82. The highest BCUT2D eigenvalue weighted by Crippen LogP contribution is 2.40. The molecule has 2 aromatic heterocycles. The molecule has 0 bridgehead atoms. The van der Waals surface area contributed by atoms with Crippen molar-refractivity contribution in [3.05, 3.63) is 65.6 Å². The van der Waals surface area contributed by atoms with Crippen molar-refractivity contribution in [2.45, 2.75) is 101 Å². The van der Waals surface area contributed by atoms with Crippen LogP contribution in [0.3, 0.4) is 0 Å². The number of piperidine rings is 1. The van der Waals surface area contributed by atoms with Gasteiger partial charge in [-0.3, -0.25) is 9.78 Å². The van der Waals surface area contributed by atoms with Crippen LogP contribution in [0.1, 0.15) is 92.0 Å². The lowest BCUT2D eigenvalue weighted by Gasteiger charge is -2.40. The molecule has 1 aliphatic rings. The summed E-state index contributed by atoms with van der Waals surface area (Å²) < 4.78 is 5.83. The maximum Gasteiger partial charge on any atom is 0.290 e. The smallest absolute Gasteiger partial charge is 0.290 e. The molecule has 0 radical (unpaired) electrons. The van der Waals surface area contributed by atoms with E-state index in [0.717, 1.165) is 42.3 Å². The normalized spacial score (nSPS) is 13.1. The van der Waals surface area contributed by atoms with Crippen LogP contribution >= 0.6 is 0 Å². The minimum absolute atomic E-state index is 0.250. The van der Waals surface area contributed by atoms with Gasteiger partial charge in [0.2, 0.25) is 0 Å². The molecular weight excluding hydrogens is 600 g/mol. The van der Waals surface area contributed by atoms with Crippen LogP contribution in [0, 0.1) is 38.0 Å². The maximum absolute atomic E-state index is 8.52. The summed E-state index contributed by atoms with van der Waals surface area (Å²) in [5.74, 6) is 2.32. The first-order valence-corrected chi connectivity index (χ1v) is 16.9. The molecule has 1 aliphatic heterocycles. The highest BCUT2D eigenvalue weighted by atomic mass is 16.5. The quantitative estimate of drug-likeness (QED) is 0.119. The molecular formula is C40H62N4O4. The van der Waals surface area contributed by atoms with Crippen LogP contribution in [0.5, 0.6) is 5.75 Å². The van der Waals surface area contributed by atoms with E-state index in [1.54, 1.807) is 20.8 Å². The third kappa shape index (κ3) is 17.2. The number of pyridine rings is 2. The van der Waals surface area contributed by atoms with Crippen molar-refractivity contribution < 1.29 is 19.7 Å². The van der Waals surface area contributed by atoms with Crippen LogP contribution in [-0.2, 0) is 11.2 Å². The standard InChI is InChI=1S/C31H42N4O.C4H10O.C2H6.C2H2.CH2O2/c1-22(2)19-27-24(4)33-21-28(30(27)35-16-13-31(5,6)14-17-35)25-9-12-29(34-20-25)32-15-18-36-26-10-7-23(3)8-11-26;1-4(2,3)5;2*1-2;2-1-3/h7-12,20-22H,13-19H2,1-6H3,(H,32,34);5H,1-3H3;1-2H3;1-2H;1H,(H,2,3). The number of aryl methyl sites for hydroxylation is 2. The second kappa shape index (κ2) is 22.5. The molecule has 8 nitrogen and oxygen atoms in total. The van der Waals surface area contributed by atoms with Crippen molar-refractivity contribution in [3.63, 3.8) is 0 Å². The molecule has 48 heavy (non-hydrogen) atoms. The number of ether oxygens (including phenoxy) is 1. The number of hydrogen-bond acceptors (Lipinski definition) is 7. The molecule has 3 N–H and O–H groups in total. The van der Waals surface area contributed by atoms with Crippen LogP contribution in [0.4, 0.5) is 11.5 Å². The number of benzene rings is 1. The van der Waals surface area contributed by atoms with E-state index in [2.05, 4.69) is 88.9 Å². The van der Waals surface area contributed by atoms with E-state index < -0.39 is 5.60 Å². The number of nitrogens with zero attached hydrogens (tertiary/aromatic N) is 3. The van der Waals surface area contributed by atoms with Crippen LogP contribution in [-0.4, -0.2) is 58.5 Å². The van der Waals surface area contributed by atoms with Gasteiger partial charge in [0.25, 0.3) is 6.47 Å². The number of carbonyl (C=O) groups is 1. The second-order valence-electron chi connectivity index (χ2n) is 13.6. The Morgan fingerprint density at radius 1 is 1.00 bits per heavy atom. The summed E-state index contributed by atoms with van der Waals surface area (Å²) in [5.41, 5.74) is 7.35. The zero-order valence-corrected chi connectivity index (χ0v) is 31.4. The van der Waals surface area contributed by atoms with E-state index in [1.807, 2.05) is 38.4 Å². The zero-order chi connectivity index (χ0) is 36.9. The molecule has 0 aliphatic carbocycles. The summed E-state index contributed by atoms with van der Waals surface area (Å²) in [6.07, 6.45) is 15.5. The van der Waals surface area contributed by atoms with Gasteiger partial charge < -0.3 is 25.2 Å². The van der Waals surface area contributed by atoms with Crippen molar-refractivity contribution in [3.8, 4) is 29.7 Å². The Morgan fingerprint density at radius 2 is 1.54 bits per heavy atom. The third-order valence-corrected chi connectivity index (χ3v) is 7.18. The number of anilines is 2. The number of rotatable bonds is 9. The molecule has 0 spiro atoms. The number of aromatic nitrogens is 2. The molecule has 0 atom stereocenters. The summed E-state index contributed by atoms with van der Waals surface area (Å²) in [7, 11) is 0. The lowest BCUT2D eigenvalue weighted by Crippen LogP contribution is -2.38. The van der Waals surface area contributed by atoms with Crippen molar-refractivity contribution in [1.29, 1.82) is 0 Å². The first-order valence-electron chi connectivity index (χ1n) is 16.9. The summed E-state index contributed by atoms with van der Waals surface area (Å²) in [5, 5.41) is 18.8. The Labute approximate surface area is 291 Å². The first-order chi connectivity index (χ1) is 22.6. The molecule has 3 heterocycles. The topological polar surface area (TPSA) is 108 Å². The fraction of sp³-hybridized carbons (Fsp3) is 0.525. The molecule has 266 valence electrons. The largest absolute Gasteiger partial charge is 0.492 e. The molecule has 1 aromatic carbocycles. The Bertz CT molecular complexity index is 1310. The fourth-order valence-electron chi connectivity index (χ4n) is 4.84. The van der Waals surface area contributed by atoms with Gasteiger partial charge in [0.05, 0.1) is 17.8 Å². The van der Waals surface area contributed by atoms with Gasteiger partial charge in [-0.1, -0.05) is 59.2 Å². The Balaban J connectivity index is 0.00000161. The Morgan fingerprint density at radius 3 is 2.02 bits per heavy atom. The van der Waals surface area contributed by atoms with E-state index in [4.69, 9.17) is 29.7 Å². The van der Waals surface area contributed by atoms with E-state index in [-0.39, 0.29) is 6.47 Å². The van der Waals surface area contributed by atoms with Gasteiger partial charge >= 0.3 is 0 Å². The van der Waals surface area contributed by atoms with E-state index in [0.29, 0.717) is 24.5 Å². The number of carboxylic acid groups (broad SMARTS) is 1. The van der Waals surface area contributed by atoms with Gasteiger partial charge in [-0.15, -0.1) is 12.8 Å². The van der Waals surface area contributed by atoms with E-state index in [9.17, 15) is 0 Å². The van der Waals surface area contributed by atoms with Gasteiger partial charge in [-0.25, -0.2) is 4.98 Å². The van der Waals surface area contributed by atoms with Crippen LogP contribution in [0.15, 0.2) is 48.8 Å². The second-order valence-corrected chi connectivity index (χ2v) is 13.6. The van der Waals surface area contributed by atoms with E-state index in [1.165, 1.54) is 35.2 Å². The van der Waals surface area contributed by atoms with Crippen molar-refractivity contribution in [2.75, 3.05) is 36.5 Å². The molecule has 0 saturated carbocycles. The molecule has 4 rings (SSSR count). The van der Waals surface area contributed by atoms with Gasteiger partial charge in [0.15, 0.2) is 0 Å². The zero-order valence-electron chi connectivity index (χ0n) is 31.4. The number of nitrogens with one attached hydrogen (secondary N) is 1. The summed E-state index contributed by atoms with van der Waals surface area (Å²) in [4.78, 5) is 20.5. The SMILES string of the molecule is C#C.CC.CC(C)(C)O.Cc1ccc(OCCNc2ccc(-c3cnc(C)c(CC(C)C)c3N3CCC(C)(C)CC3)cn2)cc1.O=CO. The number of aliphatic hydroxyl groups is 1. The first kappa shape index (κ1) is 43.9. The fourth-order valence-corrected chi connectivity index (χ4v) is 4.84. The number of hydrogen-bond donors (Lipinski definition) is 3. The Kier molecular flexibility index (Phi) is 20.6. The minimum atomic E-state index is -0.500. The maximum atomic E-state index is 8.52. The third-order valence-electron chi connectivity index (χ3n) is 7.18. The van der Waals surface area contributed by atoms with Crippen LogP contribution in [0.25, 0.3) is 11.1 Å². The van der Waals surface area contributed by atoms with Crippen LogP contribution in [0.2, 0.25) is 0 Å². The molecule has 3 aromatic rings. The predicted molar refractivity (Wildman–Crippen MR) is 203 cm³/mol. The molecule has 1 saturated heterocycles. The average molecular weight is 663 g/mol. The Hall–Kier alpha value is -4.09. The molecule has 1 fully saturated rings. The van der Waals surface area contributed by atoms with Crippen molar-refractivity contribution >= 4 is 18.0 Å². The summed E-state index contributed by atoms with van der Waals surface area (Å²) in [6, 6.07) is 12.4. The summed E-state index contributed by atoms with van der Waals surface area (Å²) in [6.45, 7) is 26.0. The van der Waals surface area contributed by atoms with Gasteiger partial charge in [0, 0.05) is 42.3 Å². The van der Waals surface area contributed by atoms with E-state index >= 15 is 0 Å². The van der Waals surface area contributed by atoms with Gasteiger partial charge in [0.1, 0.15) is 18.2 Å². The summed E-state index contributed by atoms with van der Waals surface area (Å²) >= 11 is 0. The van der Waals surface area contributed by atoms with Gasteiger partial charge in [-0.05, 0) is 95.0 Å². The monoisotopic (exact) mass is 662 g/mol. The minimum Gasteiger partial charge on any atom is -0.492 e. The van der Waals surface area contributed by atoms with Gasteiger partial charge in [-0.2, -0.15) is 0 Å². The highest BCUT2D eigenvalue weighted by molar-refractivity contribution is 5.81. The lowest BCUT2D eigenvalue weighted by molar-refractivity contribution is -0.122. The van der Waals surface area contributed by atoms with Crippen molar-refractivity contribution in [2.24, 2.45) is 11.3 Å². The molecule has 8 heteroatoms. The van der Waals surface area contributed by atoms with Crippen LogP contribution < -0.4 is 15.0 Å². The average Bonchev–Trinajstić information content (AvgIpc) is 3.03. The molecule has 0 amide bonds. The number of terminal acetylenes is 1. The predicted octanol–water partition coefficient (Wildman–Crippen LogP) is 8.83.